The Labute approximate surface area is 114 Å². The molecule has 0 saturated heterocycles. The molecule has 0 aliphatic heterocycles. The number of carbonyl (C=O) groups excluding carboxylic acids is 2. The molecule has 19 heavy (non-hydrogen) atoms. The summed E-state index contributed by atoms with van der Waals surface area (Å²) in [4.78, 5) is 33.4. The van der Waals surface area contributed by atoms with Crippen molar-refractivity contribution in [1.82, 2.24) is 5.32 Å². The van der Waals surface area contributed by atoms with Crippen molar-refractivity contribution in [3.8, 4) is 0 Å². The summed E-state index contributed by atoms with van der Waals surface area (Å²) in [6.45, 7) is 3.50. The minimum absolute atomic E-state index is 0.110. The molecule has 0 aromatic carbocycles. The smallest absolute Gasteiger partial charge is 0.303 e. The van der Waals surface area contributed by atoms with E-state index in [9.17, 15) is 14.4 Å². The van der Waals surface area contributed by atoms with Crippen LogP contribution in [0.25, 0.3) is 0 Å². The Morgan fingerprint density at radius 2 is 1.68 bits per heavy atom. The van der Waals surface area contributed by atoms with Gasteiger partial charge in [-0.1, -0.05) is 32.6 Å². The Hall–Kier alpha value is -1.39. The molecule has 1 unspecified atom stereocenters. The number of amides is 1. The van der Waals surface area contributed by atoms with E-state index in [1.165, 1.54) is 13.3 Å². The zero-order valence-corrected chi connectivity index (χ0v) is 11.9. The molecule has 1 amide bonds. The van der Waals surface area contributed by atoms with E-state index in [0.717, 1.165) is 25.7 Å². The van der Waals surface area contributed by atoms with Crippen molar-refractivity contribution in [3.63, 3.8) is 0 Å². The second kappa shape index (κ2) is 10.5. The summed E-state index contributed by atoms with van der Waals surface area (Å²) in [6.07, 6.45) is 5.74. The predicted molar refractivity (Wildman–Crippen MR) is 72.9 cm³/mol. The Morgan fingerprint density at radius 3 is 2.21 bits per heavy atom. The molecule has 0 aromatic heterocycles. The number of carboxylic acid groups (broad SMARTS) is 1. The van der Waals surface area contributed by atoms with E-state index in [1.54, 1.807) is 0 Å². The normalized spacial score (nSPS) is 11.9. The first-order valence-electron chi connectivity index (χ1n) is 6.99. The van der Waals surface area contributed by atoms with E-state index in [-0.39, 0.29) is 24.5 Å². The fourth-order valence-electron chi connectivity index (χ4n) is 1.80. The first kappa shape index (κ1) is 17.6. The van der Waals surface area contributed by atoms with Gasteiger partial charge in [-0.15, -0.1) is 0 Å². The molecule has 5 nitrogen and oxygen atoms in total. The molecule has 0 spiro atoms. The highest BCUT2D eigenvalue weighted by molar-refractivity contribution is 5.87. The van der Waals surface area contributed by atoms with Crippen molar-refractivity contribution in [2.24, 2.45) is 0 Å². The van der Waals surface area contributed by atoms with Gasteiger partial charge in [0.05, 0.1) is 6.04 Å². The van der Waals surface area contributed by atoms with Gasteiger partial charge in [-0.05, 0) is 19.8 Å². The summed E-state index contributed by atoms with van der Waals surface area (Å²) >= 11 is 0. The molecule has 0 heterocycles. The average Bonchev–Trinajstić information content (AvgIpc) is 2.33. The number of nitrogens with one attached hydrogen (secondary N) is 1. The van der Waals surface area contributed by atoms with Gasteiger partial charge in [-0.3, -0.25) is 14.4 Å². The number of rotatable bonds is 11. The summed E-state index contributed by atoms with van der Waals surface area (Å²) < 4.78 is 0. The molecule has 0 fully saturated rings. The number of carboxylic acids is 1. The van der Waals surface area contributed by atoms with Gasteiger partial charge in [0.2, 0.25) is 5.91 Å². The first-order chi connectivity index (χ1) is 8.97. The number of hydrogen-bond acceptors (Lipinski definition) is 3. The fourth-order valence-corrected chi connectivity index (χ4v) is 1.80. The number of aliphatic carboxylic acids is 1. The molecule has 2 N–H and O–H groups in total. The van der Waals surface area contributed by atoms with Crippen molar-refractivity contribution in [3.05, 3.63) is 0 Å². The zero-order chi connectivity index (χ0) is 14.7. The molecule has 0 radical (unpaired) electrons. The molecule has 0 bridgehead atoms. The maximum Gasteiger partial charge on any atom is 0.303 e. The maximum atomic E-state index is 11.6. The minimum Gasteiger partial charge on any atom is -0.481 e. The van der Waals surface area contributed by atoms with Gasteiger partial charge in [-0.2, -0.15) is 0 Å². The molecule has 110 valence electrons. The van der Waals surface area contributed by atoms with E-state index < -0.39 is 12.0 Å². The van der Waals surface area contributed by atoms with Crippen molar-refractivity contribution in [2.45, 2.75) is 71.3 Å². The lowest BCUT2D eigenvalue weighted by Crippen LogP contribution is -2.40. The van der Waals surface area contributed by atoms with Crippen LogP contribution in [-0.4, -0.2) is 28.8 Å². The molecule has 0 aliphatic rings. The summed E-state index contributed by atoms with van der Waals surface area (Å²) in [6, 6.07) is -0.667. The predicted octanol–water partition coefficient (Wildman–Crippen LogP) is 2.29. The SMILES string of the molecule is CCCCCCCC(=O)NC(CCC(=O)O)C(C)=O. The third kappa shape index (κ3) is 10.2. The highest BCUT2D eigenvalue weighted by atomic mass is 16.4. The average molecular weight is 271 g/mol. The van der Waals surface area contributed by atoms with Crippen molar-refractivity contribution >= 4 is 17.7 Å². The first-order valence-corrected chi connectivity index (χ1v) is 6.99. The molecule has 1 atom stereocenters. The van der Waals surface area contributed by atoms with Gasteiger partial charge in [0.1, 0.15) is 0 Å². The zero-order valence-electron chi connectivity index (χ0n) is 11.9. The van der Waals surface area contributed by atoms with Crippen LogP contribution in [0.3, 0.4) is 0 Å². The van der Waals surface area contributed by atoms with Crippen LogP contribution in [0.1, 0.15) is 65.2 Å². The summed E-state index contributed by atoms with van der Waals surface area (Å²) in [7, 11) is 0. The molecule has 0 rings (SSSR count). The summed E-state index contributed by atoms with van der Waals surface area (Å²) in [5.74, 6) is -1.32. The Kier molecular flexibility index (Phi) is 9.75. The van der Waals surface area contributed by atoms with Crippen LogP contribution in [-0.2, 0) is 14.4 Å². The molecular weight excluding hydrogens is 246 g/mol. The molecule has 0 aliphatic carbocycles. The van der Waals surface area contributed by atoms with Gasteiger partial charge in [0.15, 0.2) is 5.78 Å². The number of hydrogen-bond donors (Lipinski definition) is 2. The molecular formula is C14H25NO4. The van der Waals surface area contributed by atoms with Gasteiger partial charge < -0.3 is 10.4 Å². The van der Waals surface area contributed by atoms with Crippen molar-refractivity contribution < 1.29 is 19.5 Å². The maximum absolute atomic E-state index is 11.6. The van der Waals surface area contributed by atoms with Gasteiger partial charge in [-0.25, -0.2) is 0 Å². The third-order valence-corrected chi connectivity index (χ3v) is 2.98. The van der Waals surface area contributed by atoms with Gasteiger partial charge in [0.25, 0.3) is 0 Å². The number of Topliss-reactive ketones (excluding diaryl/α,β-unsaturated/α-hetero) is 1. The lowest BCUT2D eigenvalue weighted by Gasteiger charge is -2.14. The number of unbranched alkanes of at least 4 members (excludes halogenated alkanes) is 4. The highest BCUT2D eigenvalue weighted by Crippen LogP contribution is 2.06. The van der Waals surface area contributed by atoms with Crippen molar-refractivity contribution in [2.75, 3.05) is 0 Å². The Morgan fingerprint density at radius 1 is 1.05 bits per heavy atom. The number of carbonyl (C=O) groups is 3. The monoisotopic (exact) mass is 271 g/mol. The summed E-state index contributed by atoms with van der Waals surface area (Å²) in [5.41, 5.74) is 0. The van der Waals surface area contributed by atoms with Crippen LogP contribution >= 0.6 is 0 Å². The third-order valence-electron chi connectivity index (χ3n) is 2.98. The van der Waals surface area contributed by atoms with E-state index in [0.29, 0.717) is 6.42 Å². The molecule has 5 heteroatoms. The van der Waals surface area contributed by atoms with Crippen LogP contribution in [0, 0.1) is 0 Å². The fraction of sp³-hybridized carbons (Fsp3) is 0.786. The topological polar surface area (TPSA) is 83.5 Å². The quantitative estimate of drug-likeness (QED) is 0.565. The van der Waals surface area contributed by atoms with Crippen LogP contribution < -0.4 is 5.32 Å². The largest absolute Gasteiger partial charge is 0.481 e. The van der Waals surface area contributed by atoms with Crippen LogP contribution in [0.2, 0.25) is 0 Å². The highest BCUT2D eigenvalue weighted by Gasteiger charge is 2.17. The lowest BCUT2D eigenvalue weighted by atomic mass is 10.1. The Bertz CT molecular complexity index is 302. The molecule has 0 saturated carbocycles. The van der Waals surface area contributed by atoms with Crippen LogP contribution in [0.4, 0.5) is 0 Å². The second-order valence-electron chi connectivity index (χ2n) is 4.83. The van der Waals surface area contributed by atoms with E-state index in [4.69, 9.17) is 5.11 Å². The van der Waals surface area contributed by atoms with Crippen LogP contribution in [0.15, 0.2) is 0 Å². The van der Waals surface area contributed by atoms with E-state index in [2.05, 4.69) is 12.2 Å². The second-order valence-corrected chi connectivity index (χ2v) is 4.83. The van der Waals surface area contributed by atoms with Crippen LogP contribution in [0.5, 0.6) is 0 Å². The number of ketones is 1. The molecule has 0 aromatic rings. The Balaban J connectivity index is 3.90. The minimum atomic E-state index is -0.958. The standard InChI is InChI=1S/C14H25NO4/c1-3-4-5-6-7-8-13(17)15-12(11(2)16)9-10-14(18)19/h12H,3-10H2,1-2H3,(H,15,17)(H,18,19). The lowest BCUT2D eigenvalue weighted by molar-refractivity contribution is -0.137. The van der Waals surface area contributed by atoms with E-state index in [1.807, 2.05) is 0 Å². The van der Waals surface area contributed by atoms with Gasteiger partial charge >= 0.3 is 5.97 Å². The van der Waals surface area contributed by atoms with Crippen molar-refractivity contribution in [1.29, 1.82) is 0 Å². The van der Waals surface area contributed by atoms with Gasteiger partial charge in [0, 0.05) is 12.8 Å². The summed E-state index contributed by atoms with van der Waals surface area (Å²) in [5, 5.41) is 11.2. The van der Waals surface area contributed by atoms with E-state index >= 15 is 0 Å².